The lowest BCUT2D eigenvalue weighted by molar-refractivity contribution is 0.177. The first-order valence-corrected chi connectivity index (χ1v) is 6.21. The normalized spacial score (nSPS) is 10.8. The van der Waals surface area contributed by atoms with Crippen LogP contribution in [0.25, 0.3) is 0 Å². The Morgan fingerprint density at radius 1 is 1.39 bits per heavy atom. The molecule has 7 heteroatoms. The van der Waals surface area contributed by atoms with Crippen LogP contribution < -0.4 is 5.73 Å². The van der Waals surface area contributed by atoms with Crippen molar-refractivity contribution >= 4 is 17.6 Å². The molecule has 2 aromatic heterocycles. The van der Waals surface area contributed by atoms with Crippen molar-refractivity contribution in [2.75, 3.05) is 12.8 Å². The van der Waals surface area contributed by atoms with E-state index in [1.165, 1.54) is 11.8 Å². The summed E-state index contributed by atoms with van der Waals surface area (Å²) >= 11 is 1.50. The van der Waals surface area contributed by atoms with Gasteiger partial charge in [-0.3, -0.25) is 4.68 Å². The Morgan fingerprint density at radius 2 is 2.17 bits per heavy atom. The molecule has 0 saturated heterocycles. The van der Waals surface area contributed by atoms with E-state index in [-0.39, 0.29) is 0 Å². The van der Waals surface area contributed by atoms with E-state index < -0.39 is 0 Å². The monoisotopic (exact) mass is 265 g/mol. The first kappa shape index (κ1) is 12.8. The largest absolute Gasteiger partial charge is 0.384 e. The molecule has 0 radical (unpaired) electrons. The predicted octanol–water partition coefficient (Wildman–Crippen LogP) is 1.40. The van der Waals surface area contributed by atoms with Crippen molar-refractivity contribution in [3.05, 3.63) is 23.7 Å². The fraction of sp³-hybridized carbons (Fsp3) is 0.364. The van der Waals surface area contributed by atoms with Gasteiger partial charge < -0.3 is 10.5 Å². The van der Waals surface area contributed by atoms with Crippen LogP contribution in [0.3, 0.4) is 0 Å². The first-order chi connectivity index (χ1) is 8.58. The topological polar surface area (TPSA) is 78.9 Å². The maximum atomic E-state index is 5.74. The maximum absolute atomic E-state index is 5.74. The fourth-order valence-corrected chi connectivity index (χ4v) is 2.48. The lowest BCUT2D eigenvalue weighted by Gasteiger charge is -2.05. The van der Waals surface area contributed by atoms with E-state index in [1.807, 2.05) is 24.7 Å². The Kier molecular flexibility index (Phi) is 3.83. The number of aromatic nitrogens is 4. The minimum Gasteiger partial charge on any atom is -0.384 e. The van der Waals surface area contributed by atoms with E-state index in [9.17, 15) is 0 Å². The summed E-state index contributed by atoms with van der Waals surface area (Å²) in [6.07, 6.45) is 0. The number of nitrogens with zero attached hydrogens (tertiary/aromatic N) is 4. The van der Waals surface area contributed by atoms with Crippen LogP contribution >= 0.6 is 11.8 Å². The van der Waals surface area contributed by atoms with Crippen molar-refractivity contribution in [2.24, 2.45) is 7.05 Å². The summed E-state index contributed by atoms with van der Waals surface area (Å²) < 4.78 is 6.82. The van der Waals surface area contributed by atoms with Gasteiger partial charge in [-0.05, 0) is 13.0 Å². The summed E-state index contributed by atoms with van der Waals surface area (Å²) in [4.78, 5) is 8.47. The van der Waals surface area contributed by atoms with Gasteiger partial charge in [0.2, 0.25) is 0 Å². The van der Waals surface area contributed by atoms with Gasteiger partial charge in [0.05, 0.1) is 5.69 Å². The Bertz CT molecular complexity index is 554. The molecule has 0 aliphatic carbocycles. The van der Waals surface area contributed by atoms with Gasteiger partial charge in [-0.1, -0.05) is 11.8 Å². The second kappa shape index (κ2) is 5.36. The Morgan fingerprint density at radius 3 is 2.78 bits per heavy atom. The molecule has 0 aliphatic rings. The molecule has 18 heavy (non-hydrogen) atoms. The van der Waals surface area contributed by atoms with E-state index in [2.05, 4.69) is 15.1 Å². The molecule has 2 heterocycles. The fourth-order valence-electron chi connectivity index (χ4n) is 1.53. The molecule has 2 rings (SSSR count). The van der Waals surface area contributed by atoms with Gasteiger partial charge in [-0.15, -0.1) is 0 Å². The highest BCUT2D eigenvalue weighted by atomic mass is 32.2. The number of nitrogens with two attached hydrogens (primary N) is 1. The maximum Gasteiger partial charge on any atom is 0.157 e. The van der Waals surface area contributed by atoms with Gasteiger partial charge in [0.1, 0.15) is 22.5 Å². The molecule has 0 fully saturated rings. The zero-order valence-electron chi connectivity index (χ0n) is 10.5. The van der Waals surface area contributed by atoms with Crippen molar-refractivity contribution in [3.8, 4) is 0 Å². The number of methoxy groups -OCH3 is 1. The average molecular weight is 265 g/mol. The van der Waals surface area contributed by atoms with Crippen LogP contribution in [0.5, 0.6) is 0 Å². The van der Waals surface area contributed by atoms with Crippen LogP contribution in [0.1, 0.15) is 11.5 Å². The highest BCUT2D eigenvalue weighted by Gasteiger charge is 2.08. The highest BCUT2D eigenvalue weighted by Crippen LogP contribution is 2.27. The van der Waals surface area contributed by atoms with Crippen molar-refractivity contribution in [1.29, 1.82) is 0 Å². The Labute approximate surface area is 110 Å². The van der Waals surface area contributed by atoms with E-state index in [0.717, 1.165) is 15.7 Å². The lowest BCUT2D eigenvalue weighted by Crippen LogP contribution is -2.02. The third-order valence-corrected chi connectivity index (χ3v) is 3.22. The number of aryl methyl sites for hydroxylation is 2. The molecule has 6 nitrogen and oxygen atoms in total. The summed E-state index contributed by atoms with van der Waals surface area (Å²) in [5.41, 5.74) is 6.72. The Hall–Kier alpha value is -1.60. The van der Waals surface area contributed by atoms with Gasteiger partial charge in [-0.2, -0.15) is 5.10 Å². The molecule has 0 unspecified atom stereocenters. The van der Waals surface area contributed by atoms with E-state index >= 15 is 0 Å². The van der Waals surface area contributed by atoms with Crippen molar-refractivity contribution in [1.82, 2.24) is 19.7 Å². The minimum atomic E-state index is 0.350. The van der Waals surface area contributed by atoms with Crippen molar-refractivity contribution in [2.45, 2.75) is 23.6 Å². The SMILES string of the molecule is COCc1nc(N)cc(Sc2cc(C)nn2C)n1. The molecular formula is C11H15N5OS. The van der Waals surface area contributed by atoms with Crippen molar-refractivity contribution in [3.63, 3.8) is 0 Å². The second-order valence-electron chi connectivity index (χ2n) is 3.83. The number of nitrogen functional groups attached to an aromatic ring is 1. The minimum absolute atomic E-state index is 0.350. The van der Waals surface area contributed by atoms with Crippen LogP contribution in [0, 0.1) is 6.92 Å². The van der Waals surface area contributed by atoms with Crippen LogP contribution in [0.4, 0.5) is 5.82 Å². The highest BCUT2D eigenvalue weighted by molar-refractivity contribution is 7.99. The smallest absolute Gasteiger partial charge is 0.157 e. The van der Waals surface area contributed by atoms with Gasteiger partial charge in [0, 0.05) is 20.2 Å². The zero-order chi connectivity index (χ0) is 13.1. The van der Waals surface area contributed by atoms with Crippen LogP contribution in [-0.4, -0.2) is 26.9 Å². The molecule has 0 atom stereocenters. The molecule has 2 N–H and O–H groups in total. The van der Waals surface area contributed by atoms with Gasteiger partial charge in [0.25, 0.3) is 0 Å². The van der Waals surface area contributed by atoms with Crippen LogP contribution in [0.15, 0.2) is 22.2 Å². The third kappa shape index (κ3) is 2.99. The van der Waals surface area contributed by atoms with Gasteiger partial charge in [-0.25, -0.2) is 9.97 Å². The summed E-state index contributed by atoms with van der Waals surface area (Å²) in [7, 11) is 3.50. The standard InChI is InChI=1S/C11H15N5OS/c1-7-4-11(16(2)15-7)18-10-5-8(12)13-9(14-10)6-17-3/h4-5H,6H2,1-3H3,(H2,12,13,14). The molecule has 0 spiro atoms. The summed E-state index contributed by atoms with van der Waals surface area (Å²) in [6, 6.07) is 3.74. The summed E-state index contributed by atoms with van der Waals surface area (Å²) in [5, 5.41) is 6.08. The average Bonchev–Trinajstić information content (AvgIpc) is 2.57. The molecule has 96 valence electrons. The Balaban J connectivity index is 2.25. The second-order valence-corrected chi connectivity index (χ2v) is 4.87. The first-order valence-electron chi connectivity index (χ1n) is 5.39. The van der Waals surface area contributed by atoms with Gasteiger partial charge in [0.15, 0.2) is 5.82 Å². The summed E-state index contributed by atoms with van der Waals surface area (Å²) in [5.74, 6) is 1.03. The van der Waals surface area contributed by atoms with Crippen LogP contribution in [0.2, 0.25) is 0 Å². The van der Waals surface area contributed by atoms with Crippen LogP contribution in [-0.2, 0) is 18.4 Å². The van der Waals surface area contributed by atoms with Crippen molar-refractivity contribution < 1.29 is 4.74 Å². The molecule has 0 aromatic carbocycles. The lowest BCUT2D eigenvalue weighted by atomic mass is 10.5. The van der Waals surface area contributed by atoms with E-state index in [1.54, 1.807) is 13.2 Å². The quantitative estimate of drug-likeness (QED) is 0.842. The molecule has 0 saturated carbocycles. The zero-order valence-corrected chi connectivity index (χ0v) is 11.4. The molecule has 2 aromatic rings. The molecule has 0 bridgehead atoms. The summed E-state index contributed by atoms with van der Waals surface area (Å²) in [6.45, 7) is 2.30. The van der Waals surface area contributed by atoms with Gasteiger partial charge >= 0.3 is 0 Å². The van der Waals surface area contributed by atoms with E-state index in [4.69, 9.17) is 10.5 Å². The molecule has 0 amide bonds. The number of rotatable bonds is 4. The molecular weight excluding hydrogens is 250 g/mol. The number of hydrogen-bond donors (Lipinski definition) is 1. The van der Waals surface area contributed by atoms with E-state index in [0.29, 0.717) is 18.2 Å². The number of hydrogen-bond acceptors (Lipinski definition) is 6. The molecule has 0 aliphatic heterocycles. The number of anilines is 1. The third-order valence-electron chi connectivity index (χ3n) is 2.21. The number of ether oxygens (including phenoxy) is 1. The predicted molar refractivity (Wildman–Crippen MR) is 69.2 cm³/mol.